The molecule has 114 valence electrons. The Labute approximate surface area is 136 Å². The zero-order chi connectivity index (χ0) is 16.1. The van der Waals surface area contributed by atoms with Gasteiger partial charge in [0.25, 0.3) is 0 Å². The second-order valence-corrected chi connectivity index (χ2v) is 5.40. The van der Waals surface area contributed by atoms with Gasteiger partial charge in [-0.2, -0.15) is 4.91 Å². The molecule has 0 amide bonds. The molecule has 0 saturated heterocycles. The Balaban J connectivity index is 1.75. The van der Waals surface area contributed by atoms with E-state index in [1.54, 1.807) is 7.11 Å². The molecule has 2 aliphatic rings. The maximum absolute atomic E-state index is 11.2. The van der Waals surface area contributed by atoms with E-state index in [1.165, 1.54) is 11.5 Å². The van der Waals surface area contributed by atoms with Crippen molar-refractivity contribution in [3.8, 4) is 5.75 Å². The van der Waals surface area contributed by atoms with E-state index in [0.29, 0.717) is 6.42 Å². The van der Waals surface area contributed by atoms with Crippen molar-refractivity contribution in [3.05, 3.63) is 100 Å². The molecule has 0 heterocycles. The van der Waals surface area contributed by atoms with E-state index in [9.17, 15) is 4.91 Å². The smallest absolute Gasteiger partial charge is 0.126 e. The zero-order valence-corrected chi connectivity index (χ0v) is 13.0. The van der Waals surface area contributed by atoms with Gasteiger partial charge in [-0.15, -0.1) is 0 Å². The van der Waals surface area contributed by atoms with Gasteiger partial charge in [0.05, 0.1) is 24.2 Å². The van der Waals surface area contributed by atoms with Crippen LogP contribution in [0.25, 0.3) is 0 Å². The predicted octanol–water partition coefficient (Wildman–Crippen LogP) is 5.02. The molecule has 1 unspecified atom stereocenters. The maximum atomic E-state index is 11.2. The van der Waals surface area contributed by atoms with Gasteiger partial charge in [-0.1, -0.05) is 17.3 Å². The van der Waals surface area contributed by atoms with Crippen molar-refractivity contribution < 1.29 is 4.74 Å². The van der Waals surface area contributed by atoms with Crippen LogP contribution in [0.1, 0.15) is 18.0 Å². The van der Waals surface area contributed by atoms with Crippen molar-refractivity contribution >= 4 is 0 Å². The lowest BCUT2D eigenvalue weighted by Crippen LogP contribution is -2.05. The minimum atomic E-state index is -0.389. The minimum absolute atomic E-state index is 0.389. The maximum Gasteiger partial charge on any atom is 0.126 e. The van der Waals surface area contributed by atoms with E-state index < -0.39 is 0 Å². The summed E-state index contributed by atoms with van der Waals surface area (Å²) in [5.74, 6) is 1.96. The van der Waals surface area contributed by atoms with Gasteiger partial charge in [0, 0.05) is 30.7 Å². The molecule has 2 aliphatic carbocycles. The lowest BCUT2D eigenvalue weighted by Gasteiger charge is -2.15. The Kier molecular flexibility index (Phi) is 4.57. The number of nitroso groups, excluding NO2 is 1. The summed E-state index contributed by atoms with van der Waals surface area (Å²) in [7, 11) is 1.62. The zero-order valence-electron chi connectivity index (χ0n) is 13.0. The van der Waals surface area contributed by atoms with Crippen LogP contribution in [-0.4, -0.2) is 7.11 Å². The second-order valence-electron chi connectivity index (χ2n) is 5.40. The topological polar surface area (TPSA) is 38.7 Å². The Morgan fingerprint density at radius 3 is 2.74 bits per heavy atom. The fraction of sp³-hybridized carbons (Fsp3) is 0.150. The molecule has 1 atom stereocenters. The van der Waals surface area contributed by atoms with Crippen molar-refractivity contribution in [2.24, 2.45) is 5.18 Å². The van der Waals surface area contributed by atoms with Crippen molar-refractivity contribution in [2.45, 2.75) is 12.5 Å². The quantitative estimate of drug-likeness (QED) is 0.566. The lowest BCUT2D eigenvalue weighted by molar-refractivity contribution is 0.414. The first-order valence-electron chi connectivity index (χ1n) is 7.59. The van der Waals surface area contributed by atoms with E-state index in [4.69, 9.17) is 4.74 Å². The van der Waals surface area contributed by atoms with E-state index in [0.717, 1.165) is 16.9 Å². The molecule has 3 nitrogen and oxygen atoms in total. The lowest BCUT2D eigenvalue weighted by atomic mass is 9.83. The molecule has 1 aromatic rings. The third kappa shape index (κ3) is 3.34. The molecule has 0 bridgehead atoms. The number of hydrogen-bond donors (Lipinski definition) is 0. The molecule has 0 aliphatic heterocycles. The first kappa shape index (κ1) is 15.1. The van der Waals surface area contributed by atoms with Gasteiger partial charge in [0.15, 0.2) is 0 Å². The molecule has 0 fully saturated rings. The van der Waals surface area contributed by atoms with Crippen LogP contribution in [0.2, 0.25) is 0 Å². The Bertz CT molecular complexity index is 721. The van der Waals surface area contributed by atoms with Crippen LogP contribution < -0.4 is 4.74 Å². The highest BCUT2D eigenvalue weighted by molar-refractivity contribution is 5.62. The van der Waals surface area contributed by atoms with Gasteiger partial charge in [-0.05, 0) is 42.0 Å². The molecule has 0 spiro atoms. The van der Waals surface area contributed by atoms with Gasteiger partial charge < -0.3 is 4.74 Å². The number of methoxy groups -OCH3 is 1. The highest BCUT2D eigenvalue weighted by Crippen LogP contribution is 2.34. The summed E-state index contributed by atoms with van der Waals surface area (Å²) in [5.41, 5.74) is 3.23. The Morgan fingerprint density at radius 2 is 2.00 bits per heavy atom. The number of hydrogen-bond acceptors (Lipinski definition) is 3. The van der Waals surface area contributed by atoms with Gasteiger partial charge in [0.1, 0.15) is 11.8 Å². The first-order chi connectivity index (χ1) is 11.3. The normalized spacial score (nSPS) is 18.6. The molecular formula is C20H18NO2+. The summed E-state index contributed by atoms with van der Waals surface area (Å²) in [6.45, 7) is 0. The Hall–Kier alpha value is -2.81. The highest BCUT2D eigenvalue weighted by atomic mass is 16.5. The van der Waals surface area contributed by atoms with Gasteiger partial charge in [-0.25, -0.2) is 0 Å². The molecule has 0 N–H and O–H groups in total. The van der Waals surface area contributed by atoms with Crippen LogP contribution in [0.15, 0.2) is 89.2 Å². The standard InChI is InChI=1S/C20H18NO2/c1-23-18-12-9-17(10-13-18)20(21-22)14-11-16-7-4-6-15-5-2-3-8-19(15)16/h2-13,20H,14H2,1H3/q+1/b16-11+. The molecular weight excluding hydrogens is 286 g/mol. The van der Waals surface area contributed by atoms with Crippen molar-refractivity contribution in [1.29, 1.82) is 0 Å². The SMILES string of the molecule is COc1ccc(C(C/C=C2\C=CC=C3C=CC=C[C+]32)N=O)cc1. The summed E-state index contributed by atoms with van der Waals surface area (Å²) in [6, 6.07) is 7.10. The molecule has 3 heteroatoms. The molecule has 3 rings (SSSR count). The van der Waals surface area contributed by atoms with Crippen molar-refractivity contribution in [1.82, 2.24) is 0 Å². The molecule has 23 heavy (non-hydrogen) atoms. The highest BCUT2D eigenvalue weighted by Gasteiger charge is 2.24. The third-order valence-electron chi connectivity index (χ3n) is 4.01. The minimum Gasteiger partial charge on any atom is -0.497 e. The van der Waals surface area contributed by atoms with Crippen LogP contribution in [-0.2, 0) is 0 Å². The fourth-order valence-electron chi connectivity index (χ4n) is 2.73. The first-order valence-corrected chi connectivity index (χ1v) is 7.59. The largest absolute Gasteiger partial charge is 0.497 e. The van der Waals surface area contributed by atoms with Gasteiger partial charge in [-0.3, -0.25) is 0 Å². The molecule has 1 aromatic carbocycles. The average molecular weight is 304 g/mol. The van der Waals surface area contributed by atoms with Crippen LogP contribution in [0.4, 0.5) is 0 Å². The van der Waals surface area contributed by atoms with Crippen LogP contribution in [0.5, 0.6) is 5.75 Å². The number of ether oxygens (including phenoxy) is 1. The van der Waals surface area contributed by atoms with E-state index in [1.807, 2.05) is 42.5 Å². The number of fused-ring (bicyclic) bond motifs is 1. The summed E-state index contributed by atoms with van der Waals surface area (Å²) >= 11 is 0. The van der Waals surface area contributed by atoms with Crippen molar-refractivity contribution in [3.63, 3.8) is 0 Å². The Morgan fingerprint density at radius 1 is 1.17 bits per heavy atom. The molecule has 0 radical (unpaired) electrons. The third-order valence-corrected chi connectivity index (χ3v) is 4.01. The molecule has 0 aromatic heterocycles. The number of allylic oxidation sites excluding steroid dienone is 9. The average Bonchev–Trinajstić information content (AvgIpc) is 2.63. The number of benzene rings is 1. The van der Waals surface area contributed by atoms with Crippen LogP contribution in [0.3, 0.4) is 0 Å². The second kappa shape index (κ2) is 6.97. The monoisotopic (exact) mass is 304 g/mol. The van der Waals surface area contributed by atoms with E-state index in [-0.39, 0.29) is 6.04 Å². The number of nitrogens with zero attached hydrogens (tertiary/aromatic N) is 1. The summed E-state index contributed by atoms with van der Waals surface area (Å²) in [6.07, 6.45) is 17.1. The van der Waals surface area contributed by atoms with E-state index >= 15 is 0 Å². The summed E-state index contributed by atoms with van der Waals surface area (Å²) < 4.78 is 5.14. The number of rotatable bonds is 5. The van der Waals surface area contributed by atoms with Crippen LogP contribution >= 0.6 is 0 Å². The summed E-state index contributed by atoms with van der Waals surface area (Å²) in [4.78, 5) is 11.2. The summed E-state index contributed by atoms with van der Waals surface area (Å²) in [5, 5.41) is 3.29. The molecule has 0 saturated carbocycles. The van der Waals surface area contributed by atoms with Gasteiger partial charge in [0.2, 0.25) is 0 Å². The van der Waals surface area contributed by atoms with E-state index in [2.05, 4.69) is 35.6 Å². The van der Waals surface area contributed by atoms with Crippen molar-refractivity contribution in [2.75, 3.05) is 7.11 Å². The predicted molar refractivity (Wildman–Crippen MR) is 93.0 cm³/mol. The van der Waals surface area contributed by atoms with Crippen LogP contribution in [0, 0.1) is 10.8 Å². The fourth-order valence-corrected chi connectivity index (χ4v) is 2.73. The van der Waals surface area contributed by atoms with Gasteiger partial charge >= 0.3 is 0 Å².